The van der Waals surface area contributed by atoms with Crippen LogP contribution in [0.4, 0.5) is 0 Å². The Morgan fingerprint density at radius 3 is 2.79 bits per heavy atom. The van der Waals surface area contributed by atoms with Crippen LogP contribution in [0.5, 0.6) is 5.75 Å². The fraction of sp³-hybridized carbons (Fsp3) is 0.467. The molecular formula is C15H21ClN2O. The zero-order valence-electron chi connectivity index (χ0n) is 11.7. The highest BCUT2D eigenvalue weighted by Crippen LogP contribution is 2.32. The average molecular weight is 281 g/mol. The third-order valence-corrected chi connectivity index (χ3v) is 4.10. The van der Waals surface area contributed by atoms with Crippen molar-refractivity contribution < 1.29 is 4.74 Å². The van der Waals surface area contributed by atoms with E-state index in [1.807, 2.05) is 0 Å². The summed E-state index contributed by atoms with van der Waals surface area (Å²) in [6.07, 6.45) is 3.54. The molecule has 1 aromatic heterocycles. The van der Waals surface area contributed by atoms with Crippen LogP contribution in [0.3, 0.4) is 0 Å². The van der Waals surface area contributed by atoms with Crippen molar-refractivity contribution in [1.29, 1.82) is 0 Å². The van der Waals surface area contributed by atoms with Crippen molar-refractivity contribution in [2.24, 2.45) is 0 Å². The molecule has 0 saturated heterocycles. The molecule has 1 atom stereocenters. The van der Waals surface area contributed by atoms with Gasteiger partial charge in [-0.15, -0.1) is 12.4 Å². The third-order valence-electron chi connectivity index (χ3n) is 4.10. The van der Waals surface area contributed by atoms with Crippen molar-refractivity contribution in [3.05, 3.63) is 29.5 Å². The lowest BCUT2D eigenvalue weighted by Crippen LogP contribution is -2.33. The van der Waals surface area contributed by atoms with Crippen molar-refractivity contribution in [2.75, 3.05) is 21.2 Å². The van der Waals surface area contributed by atoms with Gasteiger partial charge in [0.05, 0.1) is 7.11 Å². The zero-order valence-corrected chi connectivity index (χ0v) is 12.5. The summed E-state index contributed by atoms with van der Waals surface area (Å²) in [6.45, 7) is 0. The van der Waals surface area contributed by atoms with Crippen LogP contribution < -0.4 is 4.74 Å². The van der Waals surface area contributed by atoms with E-state index >= 15 is 0 Å². The Hall–Kier alpha value is -1.19. The number of aryl methyl sites for hydroxylation is 1. The number of benzene rings is 1. The Morgan fingerprint density at radius 1 is 1.32 bits per heavy atom. The highest BCUT2D eigenvalue weighted by Gasteiger charge is 2.23. The number of hydrogen-bond donors (Lipinski definition) is 1. The van der Waals surface area contributed by atoms with Gasteiger partial charge in [0.25, 0.3) is 0 Å². The number of H-pyrrole nitrogens is 1. The molecule has 0 fully saturated rings. The molecule has 3 rings (SSSR count). The maximum absolute atomic E-state index is 5.29. The molecule has 0 radical (unpaired) electrons. The fourth-order valence-corrected chi connectivity index (χ4v) is 2.95. The molecule has 0 saturated carbocycles. The second-order valence-electron chi connectivity index (χ2n) is 5.35. The van der Waals surface area contributed by atoms with E-state index in [1.54, 1.807) is 7.11 Å². The Morgan fingerprint density at radius 2 is 2.11 bits per heavy atom. The molecule has 0 spiro atoms. The number of ether oxygens (including phenoxy) is 1. The van der Waals surface area contributed by atoms with E-state index < -0.39 is 0 Å². The molecule has 1 aliphatic rings. The molecule has 1 heterocycles. The molecule has 4 heteroatoms. The molecule has 0 bridgehead atoms. The summed E-state index contributed by atoms with van der Waals surface area (Å²) in [4.78, 5) is 5.89. The largest absolute Gasteiger partial charge is 0.497 e. The number of aromatic nitrogens is 1. The summed E-state index contributed by atoms with van der Waals surface area (Å²) in [6, 6.07) is 6.99. The first-order valence-corrected chi connectivity index (χ1v) is 6.53. The van der Waals surface area contributed by atoms with E-state index in [0.29, 0.717) is 6.04 Å². The number of likely N-dealkylation sites (N-methyl/N-ethyl adjacent to an activating group) is 1. The van der Waals surface area contributed by atoms with Crippen LogP contribution in [0, 0.1) is 0 Å². The number of aromatic amines is 1. The number of fused-ring (bicyclic) bond motifs is 3. The minimum Gasteiger partial charge on any atom is -0.497 e. The summed E-state index contributed by atoms with van der Waals surface area (Å²) in [7, 11) is 6.06. The average Bonchev–Trinajstić information content (AvgIpc) is 2.74. The first-order chi connectivity index (χ1) is 8.69. The predicted octanol–water partition coefficient (Wildman–Crippen LogP) is 3.02. The van der Waals surface area contributed by atoms with E-state index in [0.717, 1.165) is 18.6 Å². The van der Waals surface area contributed by atoms with E-state index in [-0.39, 0.29) is 12.4 Å². The SMILES string of the molecule is COc1ccc2c3c([nH]c2c1)CCC(N(C)C)C3.Cl. The second kappa shape index (κ2) is 5.43. The Bertz CT molecular complexity index is 577. The van der Waals surface area contributed by atoms with Crippen molar-refractivity contribution in [3.8, 4) is 5.75 Å². The maximum Gasteiger partial charge on any atom is 0.120 e. The smallest absolute Gasteiger partial charge is 0.120 e. The molecule has 104 valence electrons. The van der Waals surface area contributed by atoms with Crippen LogP contribution >= 0.6 is 12.4 Å². The lowest BCUT2D eigenvalue weighted by Gasteiger charge is -2.28. The quantitative estimate of drug-likeness (QED) is 0.916. The van der Waals surface area contributed by atoms with Gasteiger partial charge in [0.15, 0.2) is 0 Å². The van der Waals surface area contributed by atoms with Gasteiger partial charge in [0, 0.05) is 28.7 Å². The lowest BCUT2D eigenvalue weighted by molar-refractivity contribution is 0.268. The third kappa shape index (κ3) is 2.45. The monoisotopic (exact) mass is 280 g/mol. The van der Waals surface area contributed by atoms with Gasteiger partial charge in [-0.3, -0.25) is 0 Å². The molecule has 1 N–H and O–H groups in total. The highest BCUT2D eigenvalue weighted by molar-refractivity contribution is 5.86. The van der Waals surface area contributed by atoms with Crippen LogP contribution in [0.1, 0.15) is 17.7 Å². The number of nitrogens with one attached hydrogen (secondary N) is 1. The van der Waals surface area contributed by atoms with E-state index in [4.69, 9.17) is 4.74 Å². The van der Waals surface area contributed by atoms with E-state index in [1.165, 1.54) is 28.6 Å². The Kier molecular flexibility index (Phi) is 4.07. The Balaban J connectivity index is 0.00000133. The molecule has 1 aromatic carbocycles. The summed E-state index contributed by atoms with van der Waals surface area (Å²) < 4.78 is 5.29. The number of hydrogen-bond acceptors (Lipinski definition) is 2. The lowest BCUT2D eigenvalue weighted by atomic mass is 9.91. The molecule has 19 heavy (non-hydrogen) atoms. The van der Waals surface area contributed by atoms with Gasteiger partial charge in [-0.05, 0) is 51.1 Å². The first-order valence-electron chi connectivity index (χ1n) is 6.53. The van der Waals surface area contributed by atoms with Crippen LogP contribution in [-0.2, 0) is 12.8 Å². The normalized spacial score (nSPS) is 18.2. The summed E-state index contributed by atoms with van der Waals surface area (Å²) in [5, 5.41) is 1.36. The summed E-state index contributed by atoms with van der Waals surface area (Å²) in [5.41, 5.74) is 4.12. The highest BCUT2D eigenvalue weighted by atomic mass is 35.5. The molecule has 2 aromatic rings. The number of rotatable bonds is 2. The maximum atomic E-state index is 5.29. The summed E-state index contributed by atoms with van der Waals surface area (Å²) >= 11 is 0. The molecule has 0 aliphatic heterocycles. The molecule has 1 unspecified atom stereocenters. The molecular weight excluding hydrogens is 260 g/mol. The van der Waals surface area contributed by atoms with Crippen molar-refractivity contribution in [1.82, 2.24) is 9.88 Å². The number of methoxy groups -OCH3 is 1. The van der Waals surface area contributed by atoms with Crippen LogP contribution in [0.25, 0.3) is 10.9 Å². The van der Waals surface area contributed by atoms with Gasteiger partial charge in [0.1, 0.15) is 5.75 Å². The molecule has 1 aliphatic carbocycles. The van der Waals surface area contributed by atoms with Crippen LogP contribution in [-0.4, -0.2) is 37.1 Å². The van der Waals surface area contributed by atoms with Gasteiger partial charge >= 0.3 is 0 Å². The van der Waals surface area contributed by atoms with Gasteiger partial charge in [-0.25, -0.2) is 0 Å². The minimum atomic E-state index is 0. The van der Waals surface area contributed by atoms with Gasteiger partial charge in [-0.2, -0.15) is 0 Å². The van der Waals surface area contributed by atoms with Gasteiger partial charge in [-0.1, -0.05) is 0 Å². The first kappa shape index (κ1) is 14.2. The zero-order chi connectivity index (χ0) is 12.7. The van der Waals surface area contributed by atoms with Crippen molar-refractivity contribution in [3.63, 3.8) is 0 Å². The molecule has 0 amide bonds. The van der Waals surface area contributed by atoms with E-state index in [9.17, 15) is 0 Å². The minimum absolute atomic E-state index is 0. The standard InChI is InChI=1S/C15H20N2O.ClH/c1-17(2)10-4-7-14-13(8-10)12-6-5-11(18-3)9-15(12)16-14;/h5-6,9-10,16H,4,7-8H2,1-3H3;1H. The van der Waals surface area contributed by atoms with Gasteiger partial charge < -0.3 is 14.6 Å². The van der Waals surface area contributed by atoms with Crippen molar-refractivity contribution in [2.45, 2.75) is 25.3 Å². The van der Waals surface area contributed by atoms with Crippen LogP contribution in [0.2, 0.25) is 0 Å². The number of halogens is 1. The number of nitrogens with zero attached hydrogens (tertiary/aromatic N) is 1. The molecule has 3 nitrogen and oxygen atoms in total. The predicted molar refractivity (Wildman–Crippen MR) is 81.6 cm³/mol. The van der Waals surface area contributed by atoms with Gasteiger partial charge in [0.2, 0.25) is 0 Å². The second-order valence-corrected chi connectivity index (χ2v) is 5.35. The van der Waals surface area contributed by atoms with E-state index in [2.05, 4.69) is 42.2 Å². The topological polar surface area (TPSA) is 28.3 Å². The van der Waals surface area contributed by atoms with Crippen LogP contribution in [0.15, 0.2) is 18.2 Å². The summed E-state index contributed by atoms with van der Waals surface area (Å²) in [5.74, 6) is 0.922. The van der Waals surface area contributed by atoms with Crippen molar-refractivity contribution >= 4 is 23.3 Å². The fourth-order valence-electron chi connectivity index (χ4n) is 2.95. The Labute approximate surface area is 120 Å².